The maximum atomic E-state index is 11.8. The number of ether oxygens (including phenoxy) is 1. The summed E-state index contributed by atoms with van der Waals surface area (Å²) < 4.78 is 5.30. The Bertz CT molecular complexity index is 308. The van der Waals surface area contributed by atoms with Gasteiger partial charge in [-0.3, -0.25) is 0 Å². The summed E-state index contributed by atoms with van der Waals surface area (Å²) in [6.45, 7) is 6.71. The molecule has 0 radical (unpaired) electrons. The van der Waals surface area contributed by atoms with Crippen LogP contribution in [0, 0.1) is 17.3 Å². The summed E-state index contributed by atoms with van der Waals surface area (Å²) in [5.41, 5.74) is 0.0400. The molecule has 3 unspecified atom stereocenters. The Kier molecular flexibility index (Phi) is 4.75. The fraction of sp³-hybridized carbons (Fsp3) is 0.938. The van der Waals surface area contributed by atoms with Crippen LogP contribution in [0.2, 0.25) is 0 Å². The Balaban J connectivity index is 1.72. The maximum absolute atomic E-state index is 11.8. The highest BCUT2D eigenvalue weighted by Gasteiger charge is 2.32. The maximum Gasteiger partial charge on any atom is 0.407 e. The normalized spacial score (nSPS) is 31.4. The summed E-state index contributed by atoms with van der Waals surface area (Å²) in [6.07, 6.45) is 8.91. The van der Waals surface area contributed by atoms with Gasteiger partial charge in [0.2, 0.25) is 0 Å². The average Bonchev–Trinajstić information content (AvgIpc) is 2.35. The molecule has 3 heteroatoms. The van der Waals surface area contributed by atoms with E-state index in [4.69, 9.17) is 4.74 Å². The number of hydrogen-bond acceptors (Lipinski definition) is 2. The molecule has 19 heavy (non-hydrogen) atoms. The minimum atomic E-state index is -0.228. The van der Waals surface area contributed by atoms with Gasteiger partial charge < -0.3 is 10.1 Å². The van der Waals surface area contributed by atoms with Crippen molar-refractivity contribution < 1.29 is 9.53 Å². The van der Waals surface area contributed by atoms with E-state index in [1.807, 2.05) is 0 Å². The van der Waals surface area contributed by atoms with Crippen LogP contribution in [0.25, 0.3) is 0 Å². The second-order valence-corrected chi connectivity index (χ2v) is 7.60. The molecule has 0 aromatic rings. The molecule has 3 nitrogen and oxygen atoms in total. The molecule has 0 aliphatic heterocycles. The molecule has 3 atom stereocenters. The van der Waals surface area contributed by atoms with Gasteiger partial charge in [0.05, 0.1) is 6.61 Å². The predicted octanol–water partition coefficient (Wildman–Crippen LogP) is 4.12. The molecule has 0 spiro atoms. The number of carbonyl (C=O) groups is 1. The van der Waals surface area contributed by atoms with Crippen LogP contribution < -0.4 is 5.32 Å². The van der Waals surface area contributed by atoms with Gasteiger partial charge in [-0.2, -0.15) is 0 Å². The number of fused-ring (bicyclic) bond motifs is 1. The molecule has 2 rings (SSSR count). The van der Waals surface area contributed by atoms with E-state index in [-0.39, 0.29) is 11.5 Å². The van der Waals surface area contributed by atoms with Gasteiger partial charge in [-0.1, -0.05) is 46.5 Å². The highest BCUT2D eigenvalue weighted by molar-refractivity contribution is 5.67. The van der Waals surface area contributed by atoms with Crippen molar-refractivity contribution >= 4 is 6.09 Å². The van der Waals surface area contributed by atoms with Crippen LogP contribution >= 0.6 is 0 Å². The minimum Gasteiger partial charge on any atom is -0.449 e. The van der Waals surface area contributed by atoms with Crippen LogP contribution in [-0.4, -0.2) is 18.7 Å². The topological polar surface area (TPSA) is 38.3 Å². The molecular weight excluding hydrogens is 238 g/mol. The molecule has 0 saturated heterocycles. The van der Waals surface area contributed by atoms with Crippen molar-refractivity contribution in [3.63, 3.8) is 0 Å². The smallest absolute Gasteiger partial charge is 0.407 e. The predicted molar refractivity (Wildman–Crippen MR) is 77.0 cm³/mol. The van der Waals surface area contributed by atoms with Gasteiger partial charge in [-0.05, 0) is 36.5 Å². The molecule has 2 aliphatic rings. The van der Waals surface area contributed by atoms with Crippen molar-refractivity contribution in [1.29, 1.82) is 0 Å². The van der Waals surface area contributed by atoms with Gasteiger partial charge in [0, 0.05) is 6.04 Å². The molecule has 2 aliphatic carbocycles. The summed E-state index contributed by atoms with van der Waals surface area (Å²) in [5, 5.41) is 3.06. The molecule has 0 aromatic heterocycles. The number of amides is 1. The lowest BCUT2D eigenvalue weighted by Crippen LogP contribution is -2.42. The molecule has 2 fully saturated rings. The largest absolute Gasteiger partial charge is 0.449 e. The van der Waals surface area contributed by atoms with Gasteiger partial charge >= 0.3 is 6.09 Å². The van der Waals surface area contributed by atoms with Crippen molar-refractivity contribution in [3.8, 4) is 0 Å². The van der Waals surface area contributed by atoms with Crippen molar-refractivity contribution in [1.82, 2.24) is 5.32 Å². The molecule has 110 valence electrons. The number of rotatable bonds is 2. The van der Waals surface area contributed by atoms with E-state index in [9.17, 15) is 4.79 Å². The Labute approximate surface area is 117 Å². The first kappa shape index (κ1) is 14.7. The minimum absolute atomic E-state index is 0.0400. The lowest BCUT2D eigenvalue weighted by Gasteiger charge is -2.39. The summed E-state index contributed by atoms with van der Waals surface area (Å²) in [5.74, 6) is 1.77. The third-order valence-electron chi connectivity index (χ3n) is 4.50. The van der Waals surface area contributed by atoms with Gasteiger partial charge in [0.15, 0.2) is 0 Å². The highest BCUT2D eigenvalue weighted by Crippen LogP contribution is 2.40. The second-order valence-electron chi connectivity index (χ2n) is 7.60. The fourth-order valence-electron chi connectivity index (χ4n) is 3.49. The zero-order valence-corrected chi connectivity index (χ0v) is 12.7. The first-order chi connectivity index (χ1) is 8.94. The number of alkyl carbamates (subject to hydrolysis) is 1. The summed E-state index contributed by atoms with van der Waals surface area (Å²) in [7, 11) is 0. The van der Waals surface area contributed by atoms with E-state index in [1.54, 1.807) is 0 Å². The monoisotopic (exact) mass is 267 g/mol. The Morgan fingerprint density at radius 1 is 1.11 bits per heavy atom. The third-order valence-corrected chi connectivity index (χ3v) is 4.50. The van der Waals surface area contributed by atoms with E-state index in [0.717, 1.165) is 24.7 Å². The van der Waals surface area contributed by atoms with Crippen LogP contribution in [0.4, 0.5) is 4.79 Å². The Morgan fingerprint density at radius 3 is 2.47 bits per heavy atom. The number of hydrogen-bond donors (Lipinski definition) is 1. The van der Waals surface area contributed by atoms with Gasteiger partial charge in [0.1, 0.15) is 0 Å². The van der Waals surface area contributed by atoms with E-state index in [1.165, 1.54) is 32.1 Å². The quantitative estimate of drug-likeness (QED) is 0.817. The Hall–Kier alpha value is -0.730. The van der Waals surface area contributed by atoms with Crippen LogP contribution in [0.5, 0.6) is 0 Å². The van der Waals surface area contributed by atoms with Gasteiger partial charge in [-0.25, -0.2) is 4.79 Å². The molecule has 0 bridgehead atoms. The van der Waals surface area contributed by atoms with Crippen LogP contribution in [-0.2, 0) is 4.74 Å². The van der Waals surface area contributed by atoms with Crippen LogP contribution in [0.1, 0.15) is 65.7 Å². The van der Waals surface area contributed by atoms with Gasteiger partial charge in [-0.15, -0.1) is 0 Å². The van der Waals surface area contributed by atoms with E-state index < -0.39 is 0 Å². The van der Waals surface area contributed by atoms with E-state index in [0.29, 0.717) is 12.6 Å². The van der Waals surface area contributed by atoms with Crippen LogP contribution in [0.15, 0.2) is 0 Å². The van der Waals surface area contributed by atoms with E-state index >= 15 is 0 Å². The first-order valence-electron chi connectivity index (χ1n) is 7.87. The summed E-state index contributed by atoms with van der Waals surface area (Å²) >= 11 is 0. The standard InChI is InChI=1S/C16H29NO2/c1-16(2,3)11-19-15(18)17-14-9-8-12-6-4-5-7-13(12)10-14/h12-14H,4-11H2,1-3H3,(H,17,18). The van der Waals surface area contributed by atoms with Crippen molar-refractivity contribution in [2.45, 2.75) is 71.8 Å². The molecule has 1 amide bonds. The lowest BCUT2D eigenvalue weighted by molar-refractivity contribution is 0.0922. The molecule has 0 aromatic carbocycles. The summed E-state index contributed by atoms with van der Waals surface area (Å²) in [4.78, 5) is 11.8. The average molecular weight is 267 g/mol. The lowest BCUT2D eigenvalue weighted by atomic mass is 9.69. The molecule has 0 heterocycles. The fourth-order valence-corrected chi connectivity index (χ4v) is 3.49. The number of carbonyl (C=O) groups excluding carboxylic acids is 1. The van der Waals surface area contributed by atoms with E-state index in [2.05, 4.69) is 26.1 Å². The first-order valence-corrected chi connectivity index (χ1v) is 7.87. The number of nitrogens with one attached hydrogen (secondary N) is 1. The molecular formula is C16H29NO2. The van der Waals surface area contributed by atoms with Crippen LogP contribution in [0.3, 0.4) is 0 Å². The third kappa shape index (κ3) is 4.70. The molecule has 1 N–H and O–H groups in total. The van der Waals surface area contributed by atoms with Crippen molar-refractivity contribution in [3.05, 3.63) is 0 Å². The SMILES string of the molecule is CC(C)(C)COC(=O)NC1CCC2CCCCC2C1. The van der Waals surface area contributed by atoms with Crippen molar-refractivity contribution in [2.24, 2.45) is 17.3 Å². The summed E-state index contributed by atoms with van der Waals surface area (Å²) in [6, 6.07) is 0.340. The van der Waals surface area contributed by atoms with Gasteiger partial charge in [0.25, 0.3) is 0 Å². The zero-order valence-electron chi connectivity index (χ0n) is 12.7. The molecule has 2 saturated carbocycles. The van der Waals surface area contributed by atoms with Crippen molar-refractivity contribution in [2.75, 3.05) is 6.61 Å². The highest BCUT2D eigenvalue weighted by atomic mass is 16.5. The second kappa shape index (κ2) is 6.15. The Morgan fingerprint density at radius 2 is 1.79 bits per heavy atom. The zero-order chi connectivity index (χ0) is 13.9.